The monoisotopic (exact) mass is 242 g/mol. The van der Waals surface area contributed by atoms with Gasteiger partial charge in [0.2, 0.25) is 0 Å². The van der Waals surface area contributed by atoms with Crippen LogP contribution in [0.4, 0.5) is 4.79 Å². The maximum atomic E-state index is 11.4. The van der Waals surface area contributed by atoms with Gasteiger partial charge in [0.1, 0.15) is 12.2 Å². The number of hydrogen-bond donors (Lipinski definition) is 0. The zero-order chi connectivity index (χ0) is 12.5. The third kappa shape index (κ3) is 3.60. The Labute approximate surface area is 103 Å². The van der Waals surface area contributed by atoms with Crippen molar-refractivity contribution in [3.05, 3.63) is 0 Å². The van der Waals surface area contributed by atoms with Crippen molar-refractivity contribution in [3.63, 3.8) is 0 Å². The Morgan fingerprint density at radius 2 is 2.12 bits per heavy atom. The molecular weight excluding hydrogens is 220 g/mol. The number of carbonyl (C=O) groups is 1. The first-order valence-corrected chi connectivity index (χ1v) is 6.45. The van der Waals surface area contributed by atoms with Crippen LogP contribution in [-0.4, -0.2) is 30.6 Å². The first-order chi connectivity index (χ1) is 7.94. The van der Waals surface area contributed by atoms with Crippen molar-refractivity contribution in [2.45, 2.75) is 64.3 Å². The van der Waals surface area contributed by atoms with Crippen molar-refractivity contribution in [1.29, 1.82) is 0 Å². The molecule has 4 heteroatoms. The van der Waals surface area contributed by atoms with Gasteiger partial charge in [-0.05, 0) is 46.5 Å². The van der Waals surface area contributed by atoms with Gasteiger partial charge in [-0.1, -0.05) is 0 Å². The van der Waals surface area contributed by atoms with Gasteiger partial charge < -0.3 is 14.2 Å². The van der Waals surface area contributed by atoms with E-state index in [2.05, 4.69) is 0 Å². The molecule has 2 fully saturated rings. The molecule has 2 heterocycles. The van der Waals surface area contributed by atoms with Crippen LogP contribution >= 0.6 is 0 Å². The molecule has 0 aromatic carbocycles. The molecule has 2 rings (SSSR count). The molecule has 98 valence electrons. The van der Waals surface area contributed by atoms with Gasteiger partial charge in [-0.2, -0.15) is 0 Å². The zero-order valence-corrected chi connectivity index (χ0v) is 10.9. The van der Waals surface area contributed by atoms with E-state index in [0.29, 0.717) is 18.6 Å². The molecule has 3 atom stereocenters. The number of rotatable bonds is 2. The molecule has 17 heavy (non-hydrogen) atoms. The smallest absolute Gasteiger partial charge is 0.434 e. The summed E-state index contributed by atoms with van der Waals surface area (Å²) in [7, 11) is 0. The highest BCUT2D eigenvalue weighted by atomic mass is 16.7. The van der Waals surface area contributed by atoms with Crippen LogP contribution in [0.3, 0.4) is 0 Å². The van der Waals surface area contributed by atoms with Gasteiger partial charge in [-0.15, -0.1) is 0 Å². The van der Waals surface area contributed by atoms with Crippen LogP contribution in [-0.2, 0) is 14.2 Å². The average Bonchev–Trinajstić information content (AvgIpc) is 2.48. The summed E-state index contributed by atoms with van der Waals surface area (Å²) in [4.78, 5) is 11.4. The Hall–Kier alpha value is -0.770. The summed E-state index contributed by atoms with van der Waals surface area (Å²) in [6.07, 6.45) is 4.61. The highest BCUT2D eigenvalue weighted by molar-refractivity contribution is 5.60. The Morgan fingerprint density at radius 1 is 1.35 bits per heavy atom. The van der Waals surface area contributed by atoms with Crippen LogP contribution < -0.4 is 0 Å². The highest BCUT2D eigenvalue weighted by Crippen LogP contribution is 2.36. The standard InChI is InChI=1S/C13H22O4/c1-13(2,3)17-12(14)15-8-9-7-10-5-4-6-11(9)16-10/h9-11H,4-8H2,1-3H3. The molecule has 3 unspecified atom stereocenters. The molecule has 2 bridgehead atoms. The van der Waals surface area contributed by atoms with Gasteiger partial charge in [0.25, 0.3) is 0 Å². The van der Waals surface area contributed by atoms with Crippen molar-refractivity contribution < 1.29 is 19.0 Å². The van der Waals surface area contributed by atoms with E-state index < -0.39 is 11.8 Å². The molecule has 0 aliphatic carbocycles. The molecule has 2 saturated heterocycles. The van der Waals surface area contributed by atoms with E-state index in [9.17, 15) is 4.79 Å². The van der Waals surface area contributed by atoms with Crippen molar-refractivity contribution in [1.82, 2.24) is 0 Å². The molecule has 0 radical (unpaired) electrons. The van der Waals surface area contributed by atoms with E-state index in [0.717, 1.165) is 19.3 Å². The van der Waals surface area contributed by atoms with Crippen molar-refractivity contribution >= 4 is 6.16 Å². The lowest BCUT2D eigenvalue weighted by Crippen LogP contribution is -2.28. The van der Waals surface area contributed by atoms with Crippen LogP contribution in [0.15, 0.2) is 0 Å². The molecule has 2 aliphatic heterocycles. The summed E-state index contributed by atoms with van der Waals surface area (Å²) >= 11 is 0. The lowest BCUT2D eigenvalue weighted by atomic mass is 10.0. The molecule has 0 aromatic rings. The fourth-order valence-electron chi connectivity index (χ4n) is 2.57. The number of fused-ring (bicyclic) bond motifs is 2. The van der Waals surface area contributed by atoms with E-state index in [1.807, 2.05) is 20.8 Å². The maximum absolute atomic E-state index is 11.4. The Bertz CT molecular complexity index is 282. The third-order valence-corrected chi connectivity index (χ3v) is 3.28. The van der Waals surface area contributed by atoms with Gasteiger partial charge in [0, 0.05) is 5.92 Å². The van der Waals surface area contributed by atoms with Gasteiger partial charge >= 0.3 is 6.16 Å². The van der Waals surface area contributed by atoms with Crippen molar-refractivity contribution in [3.8, 4) is 0 Å². The lowest BCUT2D eigenvalue weighted by Gasteiger charge is -2.22. The van der Waals surface area contributed by atoms with E-state index in [-0.39, 0.29) is 6.10 Å². The van der Waals surface area contributed by atoms with Crippen molar-refractivity contribution in [2.24, 2.45) is 5.92 Å². The summed E-state index contributed by atoms with van der Waals surface area (Å²) in [6, 6.07) is 0. The minimum Gasteiger partial charge on any atom is -0.434 e. The molecule has 2 aliphatic rings. The highest BCUT2D eigenvalue weighted by Gasteiger charge is 2.38. The summed E-state index contributed by atoms with van der Waals surface area (Å²) in [5.41, 5.74) is -0.487. The first-order valence-electron chi connectivity index (χ1n) is 6.45. The fourth-order valence-corrected chi connectivity index (χ4v) is 2.57. The fraction of sp³-hybridized carbons (Fsp3) is 0.923. The quantitative estimate of drug-likeness (QED) is 0.698. The van der Waals surface area contributed by atoms with Gasteiger partial charge in [-0.3, -0.25) is 0 Å². The van der Waals surface area contributed by atoms with Crippen LogP contribution in [0.25, 0.3) is 0 Å². The number of hydrogen-bond acceptors (Lipinski definition) is 4. The number of ether oxygens (including phenoxy) is 3. The molecule has 0 spiro atoms. The Morgan fingerprint density at radius 3 is 2.76 bits per heavy atom. The van der Waals surface area contributed by atoms with Gasteiger partial charge in [-0.25, -0.2) is 4.79 Å². The van der Waals surface area contributed by atoms with Crippen LogP contribution in [0.2, 0.25) is 0 Å². The third-order valence-electron chi connectivity index (χ3n) is 3.28. The van der Waals surface area contributed by atoms with E-state index >= 15 is 0 Å². The molecule has 0 saturated carbocycles. The van der Waals surface area contributed by atoms with Crippen LogP contribution in [0.5, 0.6) is 0 Å². The SMILES string of the molecule is CC(C)(C)OC(=O)OCC1CC2CCCC1O2. The summed E-state index contributed by atoms with van der Waals surface area (Å²) < 4.78 is 16.1. The zero-order valence-electron chi connectivity index (χ0n) is 10.9. The van der Waals surface area contributed by atoms with E-state index in [1.165, 1.54) is 6.42 Å². The molecule has 0 N–H and O–H groups in total. The summed E-state index contributed by atoms with van der Waals surface area (Å²) in [5, 5.41) is 0. The maximum Gasteiger partial charge on any atom is 0.508 e. The number of carbonyl (C=O) groups excluding carboxylic acids is 1. The minimum absolute atomic E-state index is 0.288. The largest absolute Gasteiger partial charge is 0.508 e. The predicted molar refractivity (Wildman–Crippen MR) is 62.8 cm³/mol. The predicted octanol–water partition coefficient (Wildman–Crippen LogP) is 2.90. The van der Waals surface area contributed by atoms with Gasteiger partial charge in [0.05, 0.1) is 12.2 Å². The second kappa shape index (κ2) is 4.84. The second-order valence-corrected chi connectivity index (χ2v) is 6.00. The normalized spacial score (nSPS) is 32.3. The Balaban J connectivity index is 1.73. The van der Waals surface area contributed by atoms with E-state index in [1.54, 1.807) is 0 Å². The average molecular weight is 242 g/mol. The molecule has 4 nitrogen and oxygen atoms in total. The first kappa shape index (κ1) is 12.7. The lowest BCUT2D eigenvalue weighted by molar-refractivity contribution is -0.0304. The molecular formula is C13H22O4. The van der Waals surface area contributed by atoms with Gasteiger partial charge in [0.15, 0.2) is 0 Å². The Kier molecular flexibility index (Phi) is 3.61. The second-order valence-electron chi connectivity index (χ2n) is 6.00. The van der Waals surface area contributed by atoms with Crippen LogP contribution in [0, 0.1) is 5.92 Å². The van der Waals surface area contributed by atoms with Crippen LogP contribution in [0.1, 0.15) is 46.5 Å². The molecule has 0 amide bonds. The summed E-state index contributed by atoms with van der Waals surface area (Å²) in [6.45, 7) is 5.93. The summed E-state index contributed by atoms with van der Waals surface area (Å²) in [5.74, 6) is 0.356. The van der Waals surface area contributed by atoms with E-state index in [4.69, 9.17) is 14.2 Å². The van der Waals surface area contributed by atoms with Crippen molar-refractivity contribution in [2.75, 3.05) is 6.61 Å². The molecule has 0 aromatic heterocycles. The topological polar surface area (TPSA) is 44.8 Å². The minimum atomic E-state index is -0.570.